The summed E-state index contributed by atoms with van der Waals surface area (Å²) >= 11 is 0. The van der Waals surface area contributed by atoms with E-state index in [0.29, 0.717) is 0 Å². The van der Waals surface area contributed by atoms with Gasteiger partial charge in [-0.3, -0.25) is 4.90 Å². The maximum absolute atomic E-state index is 3.40. The summed E-state index contributed by atoms with van der Waals surface area (Å²) in [4.78, 5) is 2.57. The Bertz CT molecular complexity index is 358. The van der Waals surface area contributed by atoms with Gasteiger partial charge in [-0.2, -0.15) is 0 Å². The molecule has 0 heterocycles. The topological polar surface area (TPSA) is 15.3 Å². The summed E-state index contributed by atoms with van der Waals surface area (Å²) in [5.74, 6) is 0.833. The lowest BCUT2D eigenvalue weighted by Gasteiger charge is -2.25. The van der Waals surface area contributed by atoms with Crippen molar-refractivity contribution in [3.05, 3.63) is 35.4 Å². The van der Waals surface area contributed by atoms with Crippen LogP contribution in [0.4, 0.5) is 0 Å². The molecule has 1 N–H and O–H groups in total. The molecule has 0 aliphatic rings. The third kappa shape index (κ3) is 6.06. The van der Waals surface area contributed by atoms with E-state index in [9.17, 15) is 0 Å². The lowest BCUT2D eigenvalue weighted by atomic mass is 10.0. The van der Waals surface area contributed by atoms with Crippen LogP contribution in [-0.2, 0) is 13.1 Å². The van der Waals surface area contributed by atoms with Gasteiger partial charge in [-0.05, 0) is 30.1 Å². The van der Waals surface area contributed by atoms with Gasteiger partial charge in [0.2, 0.25) is 0 Å². The quantitative estimate of drug-likeness (QED) is 0.693. The van der Waals surface area contributed by atoms with Gasteiger partial charge in [0.05, 0.1) is 0 Å². The minimum Gasteiger partial charge on any atom is -0.313 e. The highest BCUT2D eigenvalue weighted by molar-refractivity contribution is 5.23. The first kappa shape index (κ1) is 17.2. The highest BCUT2D eigenvalue weighted by Crippen LogP contribution is 2.13. The minimum absolute atomic E-state index is 0.833. The van der Waals surface area contributed by atoms with Crippen molar-refractivity contribution in [2.45, 2.75) is 53.6 Å². The van der Waals surface area contributed by atoms with Crippen LogP contribution in [0.2, 0.25) is 0 Å². The highest BCUT2D eigenvalue weighted by atomic mass is 15.1. The van der Waals surface area contributed by atoms with Crippen LogP contribution in [-0.4, -0.2) is 24.5 Å². The Labute approximate surface area is 125 Å². The predicted octanol–water partition coefficient (Wildman–Crippen LogP) is 4.05. The fraction of sp³-hybridized carbons (Fsp3) is 0.667. The normalized spacial score (nSPS) is 11.5. The molecule has 0 amide bonds. The van der Waals surface area contributed by atoms with E-state index in [2.05, 4.69) is 62.2 Å². The molecule has 114 valence electrons. The average molecular weight is 276 g/mol. The average Bonchev–Trinajstić information content (AvgIpc) is 2.49. The van der Waals surface area contributed by atoms with E-state index in [-0.39, 0.29) is 0 Å². The second kappa shape index (κ2) is 9.95. The van der Waals surface area contributed by atoms with Gasteiger partial charge >= 0.3 is 0 Å². The maximum Gasteiger partial charge on any atom is 0.0233 e. The van der Waals surface area contributed by atoms with Crippen molar-refractivity contribution in [3.63, 3.8) is 0 Å². The van der Waals surface area contributed by atoms with Crippen LogP contribution in [0.25, 0.3) is 0 Å². The third-order valence-corrected chi connectivity index (χ3v) is 4.10. The van der Waals surface area contributed by atoms with Crippen LogP contribution in [0.1, 0.15) is 51.7 Å². The first-order valence-corrected chi connectivity index (χ1v) is 8.24. The Balaban J connectivity index is 2.60. The Morgan fingerprint density at radius 1 is 1.05 bits per heavy atom. The molecule has 0 aromatic heterocycles. The van der Waals surface area contributed by atoms with Crippen LogP contribution in [0.3, 0.4) is 0 Å². The maximum atomic E-state index is 3.40. The summed E-state index contributed by atoms with van der Waals surface area (Å²) in [6.45, 7) is 14.5. The molecule has 0 saturated carbocycles. The molecule has 20 heavy (non-hydrogen) atoms. The van der Waals surface area contributed by atoms with E-state index in [0.717, 1.165) is 32.1 Å². The van der Waals surface area contributed by atoms with Crippen molar-refractivity contribution >= 4 is 0 Å². The second-order valence-electron chi connectivity index (χ2n) is 5.61. The SMILES string of the molecule is CCNCc1cccc(CN(CC)CC(CC)CC)c1. The molecular formula is C18H32N2. The number of hydrogen-bond donors (Lipinski definition) is 1. The van der Waals surface area contributed by atoms with E-state index in [1.807, 2.05) is 0 Å². The fourth-order valence-electron chi connectivity index (χ4n) is 2.58. The van der Waals surface area contributed by atoms with Crippen molar-refractivity contribution in [2.24, 2.45) is 5.92 Å². The molecule has 0 atom stereocenters. The summed E-state index contributed by atoms with van der Waals surface area (Å²) in [5.41, 5.74) is 2.83. The van der Waals surface area contributed by atoms with Gasteiger partial charge in [0.15, 0.2) is 0 Å². The van der Waals surface area contributed by atoms with Gasteiger partial charge in [0.1, 0.15) is 0 Å². The molecule has 0 unspecified atom stereocenters. The van der Waals surface area contributed by atoms with Crippen LogP contribution in [0.15, 0.2) is 24.3 Å². The molecule has 2 nitrogen and oxygen atoms in total. The van der Waals surface area contributed by atoms with Crippen LogP contribution >= 0.6 is 0 Å². The summed E-state index contributed by atoms with van der Waals surface area (Å²) in [7, 11) is 0. The summed E-state index contributed by atoms with van der Waals surface area (Å²) in [6, 6.07) is 9.00. The molecule has 0 radical (unpaired) electrons. The molecule has 1 aromatic rings. The molecule has 1 aromatic carbocycles. The lowest BCUT2D eigenvalue weighted by Crippen LogP contribution is -2.28. The second-order valence-corrected chi connectivity index (χ2v) is 5.61. The molecule has 0 saturated heterocycles. The molecule has 2 heteroatoms. The molecule has 0 aliphatic heterocycles. The van der Waals surface area contributed by atoms with Gasteiger partial charge in [-0.1, -0.05) is 64.8 Å². The standard InChI is InChI=1S/C18H32N2/c1-5-16(6-2)14-20(8-4)15-18-11-9-10-17(12-18)13-19-7-3/h9-12,16,19H,5-8,13-15H2,1-4H3. The molecule has 1 rings (SSSR count). The van der Waals surface area contributed by atoms with Crippen molar-refractivity contribution in [1.82, 2.24) is 10.2 Å². The zero-order valence-electron chi connectivity index (χ0n) is 13.8. The predicted molar refractivity (Wildman–Crippen MR) is 88.8 cm³/mol. The number of hydrogen-bond acceptors (Lipinski definition) is 2. The smallest absolute Gasteiger partial charge is 0.0233 e. The molecule has 0 aliphatic carbocycles. The van der Waals surface area contributed by atoms with E-state index >= 15 is 0 Å². The van der Waals surface area contributed by atoms with Crippen LogP contribution in [0.5, 0.6) is 0 Å². The molecule has 0 spiro atoms. The van der Waals surface area contributed by atoms with E-state index < -0.39 is 0 Å². The van der Waals surface area contributed by atoms with Crippen molar-refractivity contribution in [3.8, 4) is 0 Å². The zero-order chi connectivity index (χ0) is 14.8. The number of benzene rings is 1. The summed E-state index contributed by atoms with van der Waals surface area (Å²) < 4.78 is 0. The minimum atomic E-state index is 0.833. The lowest BCUT2D eigenvalue weighted by molar-refractivity contribution is 0.226. The molecule has 0 fully saturated rings. The number of rotatable bonds is 10. The van der Waals surface area contributed by atoms with Crippen molar-refractivity contribution < 1.29 is 0 Å². The van der Waals surface area contributed by atoms with Crippen LogP contribution in [0, 0.1) is 5.92 Å². The zero-order valence-corrected chi connectivity index (χ0v) is 13.8. The molecular weight excluding hydrogens is 244 g/mol. The van der Waals surface area contributed by atoms with Gasteiger partial charge < -0.3 is 5.32 Å². The fourth-order valence-corrected chi connectivity index (χ4v) is 2.58. The number of nitrogens with zero attached hydrogens (tertiary/aromatic N) is 1. The van der Waals surface area contributed by atoms with Gasteiger partial charge in [-0.25, -0.2) is 0 Å². The summed E-state index contributed by atoms with van der Waals surface area (Å²) in [6.07, 6.45) is 2.57. The largest absolute Gasteiger partial charge is 0.313 e. The monoisotopic (exact) mass is 276 g/mol. The Morgan fingerprint density at radius 2 is 1.75 bits per heavy atom. The Morgan fingerprint density at radius 3 is 2.35 bits per heavy atom. The summed E-state index contributed by atoms with van der Waals surface area (Å²) in [5, 5.41) is 3.40. The van der Waals surface area contributed by atoms with E-state index in [4.69, 9.17) is 0 Å². The highest BCUT2D eigenvalue weighted by Gasteiger charge is 2.10. The van der Waals surface area contributed by atoms with Crippen molar-refractivity contribution in [1.29, 1.82) is 0 Å². The van der Waals surface area contributed by atoms with Gasteiger partial charge in [0, 0.05) is 19.6 Å². The first-order chi connectivity index (χ1) is 9.73. The molecule has 0 bridgehead atoms. The third-order valence-electron chi connectivity index (χ3n) is 4.10. The van der Waals surface area contributed by atoms with Crippen LogP contribution < -0.4 is 5.32 Å². The van der Waals surface area contributed by atoms with Gasteiger partial charge in [-0.15, -0.1) is 0 Å². The Kier molecular flexibility index (Phi) is 8.56. The van der Waals surface area contributed by atoms with E-state index in [1.54, 1.807) is 0 Å². The van der Waals surface area contributed by atoms with Gasteiger partial charge in [0.25, 0.3) is 0 Å². The first-order valence-electron chi connectivity index (χ1n) is 8.24. The van der Waals surface area contributed by atoms with E-state index in [1.165, 1.54) is 30.5 Å². The van der Waals surface area contributed by atoms with Crippen molar-refractivity contribution in [2.75, 3.05) is 19.6 Å². The number of nitrogens with one attached hydrogen (secondary N) is 1. The Hall–Kier alpha value is -0.860.